The molecule has 0 radical (unpaired) electrons. The molecule has 0 atom stereocenters. The predicted octanol–water partition coefficient (Wildman–Crippen LogP) is 3.15. The van der Waals surface area contributed by atoms with Crippen molar-refractivity contribution in [1.29, 1.82) is 0 Å². The van der Waals surface area contributed by atoms with Crippen molar-refractivity contribution in [3.8, 4) is 5.75 Å². The maximum atomic E-state index is 5.90. The first-order valence-corrected chi connectivity index (χ1v) is 8.80. The Balaban J connectivity index is 1.33. The fourth-order valence-corrected chi connectivity index (χ4v) is 2.77. The van der Waals surface area contributed by atoms with Crippen LogP contribution in [0, 0.1) is 0 Å². The molecule has 3 aromatic carbocycles. The number of nitrogens with one attached hydrogen (secondary N) is 4. The number of hydrogen-bond acceptors (Lipinski definition) is 6. The van der Waals surface area contributed by atoms with Crippen LogP contribution in [0.15, 0.2) is 84.0 Å². The Kier molecular flexibility index (Phi) is 5.17. The summed E-state index contributed by atoms with van der Waals surface area (Å²) in [5.74, 6) is 1.64. The fraction of sp³-hybridized carbons (Fsp3) is 0.0952. The van der Waals surface area contributed by atoms with E-state index >= 15 is 0 Å². The van der Waals surface area contributed by atoms with E-state index in [2.05, 4.69) is 51.2 Å². The van der Waals surface area contributed by atoms with E-state index in [0.29, 0.717) is 6.61 Å². The van der Waals surface area contributed by atoms with Gasteiger partial charge in [-0.05, 0) is 47.5 Å². The number of amidine groups is 1. The molecule has 136 valence electrons. The molecule has 0 amide bonds. The van der Waals surface area contributed by atoms with Crippen molar-refractivity contribution in [2.24, 2.45) is 5.10 Å². The van der Waals surface area contributed by atoms with Gasteiger partial charge in [0, 0.05) is 17.8 Å². The van der Waals surface area contributed by atoms with Gasteiger partial charge in [0.15, 0.2) is 5.84 Å². The Morgan fingerprint density at radius 2 is 1.67 bits per heavy atom. The summed E-state index contributed by atoms with van der Waals surface area (Å²) in [6, 6.07) is 26.4. The number of anilines is 1. The van der Waals surface area contributed by atoms with Crippen LogP contribution in [0.5, 0.6) is 5.75 Å². The molecule has 27 heavy (non-hydrogen) atoms. The minimum absolute atomic E-state index is 0.570. The summed E-state index contributed by atoms with van der Waals surface area (Å²) in [5, 5.41) is 7.52. The molecule has 0 aliphatic carbocycles. The van der Waals surface area contributed by atoms with Gasteiger partial charge in [0.1, 0.15) is 12.4 Å². The lowest BCUT2D eigenvalue weighted by atomic mass is 10.1. The van der Waals surface area contributed by atoms with E-state index in [1.54, 1.807) is 0 Å². The second kappa shape index (κ2) is 8.25. The Morgan fingerprint density at radius 3 is 2.44 bits per heavy atom. The number of nitrogens with zero attached hydrogens (tertiary/aromatic N) is 1. The normalized spacial score (nSPS) is 12.7. The molecule has 0 unspecified atom stereocenters. The SMILES string of the molecule is c1ccc(COc2cccc(CNc3ccc(C4=NNNN4)cc3)c2)cc1. The maximum absolute atomic E-state index is 5.90. The van der Waals surface area contributed by atoms with E-state index < -0.39 is 0 Å². The van der Waals surface area contributed by atoms with Crippen LogP contribution < -0.4 is 26.5 Å². The number of hydrogen-bond donors (Lipinski definition) is 4. The third-order valence-electron chi connectivity index (χ3n) is 4.21. The quantitative estimate of drug-likeness (QED) is 0.522. The van der Waals surface area contributed by atoms with Gasteiger partial charge in [-0.15, -0.1) is 10.6 Å². The molecule has 1 aliphatic heterocycles. The smallest absolute Gasteiger partial charge is 0.170 e. The molecule has 6 heteroatoms. The highest BCUT2D eigenvalue weighted by molar-refractivity contribution is 5.99. The molecule has 0 bridgehead atoms. The van der Waals surface area contributed by atoms with Gasteiger partial charge in [0.05, 0.1) is 0 Å². The standard InChI is InChI=1S/C21H21N5O/c1-2-5-16(6-3-1)15-27-20-8-4-7-17(13-20)14-22-19-11-9-18(10-12-19)21-23-25-26-24-21/h1-13,22,25-26H,14-15H2,(H,23,24). The summed E-state index contributed by atoms with van der Waals surface area (Å²) >= 11 is 0. The third-order valence-corrected chi connectivity index (χ3v) is 4.21. The van der Waals surface area contributed by atoms with Crippen LogP contribution in [0.4, 0.5) is 5.69 Å². The van der Waals surface area contributed by atoms with Crippen molar-refractivity contribution in [3.63, 3.8) is 0 Å². The molecule has 6 nitrogen and oxygen atoms in total. The van der Waals surface area contributed by atoms with Gasteiger partial charge in [0.25, 0.3) is 0 Å². The Bertz CT molecular complexity index is 909. The lowest BCUT2D eigenvalue weighted by Crippen LogP contribution is -2.35. The molecular weight excluding hydrogens is 338 g/mol. The second-order valence-corrected chi connectivity index (χ2v) is 6.17. The molecule has 1 heterocycles. The first-order chi connectivity index (χ1) is 13.4. The molecule has 0 spiro atoms. The third kappa shape index (κ3) is 4.56. The molecular formula is C21H21N5O. The molecule has 1 aliphatic rings. The van der Waals surface area contributed by atoms with Gasteiger partial charge in [-0.2, -0.15) is 0 Å². The average Bonchev–Trinajstić information content (AvgIpc) is 3.27. The first-order valence-electron chi connectivity index (χ1n) is 8.80. The van der Waals surface area contributed by atoms with Crippen LogP contribution in [0.2, 0.25) is 0 Å². The van der Waals surface area contributed by atoms with Crippen LogP contribution in [0.1, 0.15) is 16.7 Å². The topological polar surface area (TPSA) is 69.7 Å². The highest BCUT2D eigenvalue weighted by atomic mass is 16.5. The van der Waals surface area contributed by atoms with E-state index in [9.17, 15) is 0 Å². The minimum Gasteiger partial charge on any atom is -0.489 e. The van der Waals surface area contributed by atoms with Crippen molar-refractivity contribution in [2.45, 2.75) is 13.2 Å². The minimum atomic E-state index is 0.570. The number of benzene rings is 3. The maximum Gasteiger partial charge on any atom is 0.170 e. The summed E-state index contributed by atoms with van der Waals surface area (Å²) in [6.45, 7) is 1.30. The highest BCUT2D eigenvalue weighted by Gasteiger charge is 2.07. The van der Waals surface area contributed by atoms with Gasteiger partial charge in [0.2, 0.25) is 0 Å². The lowest BCUT2D eigenvalue weighted by molar-refractivity contribution is 0.306. The fourth-order valence-electron chi connectivity index (χ4n) is 2.77. The number of hydrazine groups is 2. The van der Waals surface area contributed by atoms with Crippen LogP contribution in [-0.4, -0.2) is 5.84 Å². The van der Waals surface area contributed by atoms with Gasteiger partial charge in [-0.1, -0.05) is 42.5 Å². The Hall–Kier alpha value is -3.51. The zero-order valence-electron chi connectivity index (χ0n) is 14.8. The summed E-state index contributed by atoms with van der Waals surface area (Å²) in [6.07, 6.45) is 0. The van der Waals surface area contributed by atoms with Crippen LogP contribution in [-0.2, 0) is 13.2 Å². The highest BCUT2D eigenvalue weighted by Crippen LogP contribution is 2.17. The summed E-state index contributed by atoms with van der Waals surface area (Å²) < 4.78 is 5.90. The largest absolute Gasteiger partial charge is 0.489 e. The zero-order chi connectivity index (χ0) is 18.3. The molecule has 3 aromatic rings. The van der Waals surface area contributed by atoms with Crippen LogP contribution in [0.3, 0.4) is 0 Å². The van der Waals surface area contributed by atoms with E-state index in [0.717, 1.165) is 34.9 Å². The Morgan fingerprint density at radius 1 is 0.852 bits per heavy atom. The van der Waals surface area contributed by atoms with Crippen molar-refractivity contribution >= 4 is 11.5 Å². The number of ether oxygens (including phenoxy) is 1. The van der Waals surface area contributed by atoms with Gasteiger partial charge < -0.3 is 10.1 Å². The van der Waals surface area contributed by atoms with E-state index in [4.69, 9.17) is 4.74 Å². The summed E-state index contributed by atoms with van der Waals surface area (Å²) in [7, 11) is 0. The van der Waals surface area contributed by atoms with Crippen molar-refractivity contribution in [1.82, 2.24) is 16.5 Å². The monoisotopic (exact) mass is 359 g/mol. The molecule has 0 saturated carbocycles. The van der Waals surface area contributed by atoms with Crippen molar-refractivity contribution in [2.75, 3.05) is 5.32 Å². The van der Waals surface area contributed by atoms with E-state index in [1.165, 1.54) is 5.56 Å². The van der Waals surface area contributed by atoms with Gasteiger partial charge in [-0.3, -0.25) is 5.43 Å². The molecule has 4 N–H and O–H groups in total. The summed E-state index contributed by atoms with van der Waals surface area (Å²) in [4.78, 5) is 0. The predicted molar refractivity (Wildman–Crippen MR) is 107 cm³/mol. The molecule has 0 fully saturated rings. The van der Waals surface area contributed by atoms with Gasteiger partial charge in [-0.25, -0.2) is 5.53 Å². The summed E-state index contributed by atoms with van der Waals surface area (Å²) in [5.41, 5.74) is 12.7. The number of rotatable bonds is 7. The average molecular weight is 359 g/mol. The zero-order valence-corrected chi connectivity index (χ0v) is 14.8. The van der Waals surface area contributed by atoms with E-state index in [-0.39, 0.29) is 0 Å². The molecule has 4 rings (SSSR count). The van der Waals surface area contributed by atoms with Crippen LogP contribution >= 0.6 is 0 Å². The Labute approximate surface area is 158 Å². The van der Waals surface area contributed by atoms with Crippen molar-refractivity contribution < 1.29 is 4.74 Å². The lowest BCUT2D eigenvalue weighted by Gasteiger charge is -2.10. The molecule has 0 saturated heterocycles. The first kappa shape index (κ1) is 16.9. The van der Waals surface area contributed by atoms with Crippen molar-refractivity contribution in [3.05, 3.63) is 95.6 Å². The van der Waals surface area contributed by atoms with E-state index in [1.807, 2.05) is 54.6 Å². The number of hydrazone groups is 1. The molecule has 0 aromatic heterocycles. The van der Waals surface area contributed by atoms with Gasteiger partial charge >= 0.3 is 0 Å². The second-order valence-electron chi connectivity index (χ2n) is 6.17. The van der Waals surface area contributed by atoms with Crippen LogP contribution in [0.25, 0.3) is 0 Å².